The topological polar surface area (TPSA) is 80.6 Å². The summed E-state index contributed by atoms with van der Waals surface area (Å²) in [7, 11) is 4.87. The molecule has 196 valence electrons. The summed E-state index contributed by atoms with van der Waals surface area (Å²) in [5.74, 6) is -0.494. The van der Waals surface area contributed by atoms with Gasteiger partial charge in [0.2, 0.25) is 5.91 Å². The monoisotopic (exact) mass is 515 g/mol. The predicted octanol–water partition coefficient (Wildman–Crippen LogP) is 3.53. The minimum absolute atomic E-state index is 0.0178. The summed E-state index contributed by atoms with van der Waals surface area (Å²) in [6.45, 7) is 2.81. The van der Waals surface area contributed by atoms with E-state index in [9.17, 15) is 22.8 Å². The molecule has 5 rings (SSSR count). The number of rotatable bonds is 6. The van der Waals surface area contributed by atoms with Crippen LogP contribution in [0, 0.1) is 11.2 Å². The number of benzene rings is 1. The van der Waals surface area contributed by atoms with Gasteiger partial charge >= 0.3 is 0 Å². The molecule has 2 aliphatic rings. The van der Waals surface area contributed by atoms with Gasteiger partial charge in [-0.1, -0.05) is 18.2 Å². The standard InChI is InChI=1S/C26H28F3N5O3/c1-15(35)34-12-25(13-34)10-26(11-25,37-4)19-8-18-22(30-14-31-23(18)33(3)24(19)36)32(2)9-16-6-5-7-17(20(16)27)21(28)29/h5-8,14,21H,9-13H2,1-4H3. The van der Waals surface area contributed by atoms with Crippen molar-refractivity contribution in [1.29, 1.82) is 0 Å². The van der Waals surface area contributed by atoms with Crippen molar-refractivity contribution in [3.05, 3.63) is 63.5 Å². The molecule has 0 radical (unpaired) electrons. The summed E-state index contributed by atoms with van der Waals surface area (Å²) in [6, 6.07) is 5.65. The van der Waals surface area contributed by atoms with Crippen LogP contribution in [0.3, 0.4) is 0 Å². The fourth-order valence-corrected chi connectivity index (χ4v) is 5.92. The summed E-state index contributed by atoms with van der Waals surface area (Å²) in [4.78, 5) is 37.2. The lowest BCUT2D eigenvalue weighted by Gasteiger charge is -2.63. The lowest BCUT2D eigenvalue weighted by molar-refractivity contribution is -0.211. The van der Waals surface area contributed by atoms with Crippen molar-refractivity contribution in [2.45, 2.75) is 38.3 Å². The molecular formula is C26H28F3N5O3. The van der Waals surface area contributed by atoms with Crippen molar-refractivity contribution in [2.75, 3.05) is 32.1 Å². The first kappa shape index (κ1) is 25.2. The van der Waals surface area contributed by atoms with Crippen LogP contribution in [0.5, 0.6) is 0 Å². The third kappa shape index (κ3) is 3.96. The number of anilines is 1. The second-order valence-electron chi connectivity index (χ2n) is 10.3. The number of hydrogen-bond acceptors (Lipinski definition) is 6. The highest BCUT2D eigenvalue weighted by atomic mass is 19.3. The van der Waals surface area contributed by atoms with Gasteiger partial charge in [-0.05, 0) is 18.9 Å². The van der Waals surface area contributed by atoms with Crippen LogP contribution in [-0.4, -0.2) is 52.6 Å². The second kappa shape index (κ2) is 8.83. The molecule has 1 saturated heterocycles. The summed E-state index contributed by atoms with van der Waals surface area (Å²) < 4.78 is 48.5. The van der Waals surface area contributed by atoms with Gasteiger partial charge in [0, 0.05) is 58.7 Å². The molecule has 8 nitrogen and oxygen atoms in total. The number of fused-ring (bicyclic) bond motifs is 1. The van der Waals surface area contributed by atoms with Crippen molar-refractivity contribution < 1.29 is 22.7 Å². The van der Waals surface area contributed by atoms with Gasteiger partial charge in [-0.15, -0.1) is 0 Å². The SMILES string of the molecule is COC1(c2cc3c(N(C)Cc4cccc(C(F)F)c4F)ncnc3n(C)c2=O)CC2(CN(C(C)=O)C2)C1. The van der Waals surface area contributed by atoms with E-state index >= 15 is 0 Å². The molecule has 1 aliphatic carbocycles. The Kier molecular flexibility index (Phi) is 6.01. The Morgan fingerprint density at radius 2 is 1.95 bits per heavy atom. The van der Waals surface area contributed by atoms with Crippen LogP contribution in [-0.2, 0) is 28.7 Å². The number of carbonyl (C=O) groups is 1. The number of amides is 1. The van der Waals surface area contributed by atoms with Crippen molar-refractivity contribution in [1.82, 2.24) is 19.4 Å². The number of methoxy groups -OCH3 is 1. The molecule has 0 bridgehead atoms. The quantitative estimate of drug-likeness (QED) is 0.500. The first-order valence-corrected chi connectivity index (χ1v) is 11.9. The number of ether oxygens (including phenoxy) is 1. The van der Waals surface area contributed by atoms with E-state index in [1.807, 2.05) is 0 Å². The van der Waals surface area contributed by atoms with E-state index in [0.29, 0.717) is 48.3 Å². The smallest absolute Gasteiger partial charge is 0.266 e. The fourth-order valence-electron chi connectivity index (χ4n) is 5.92. The number of likely N-dealkylation sites (tertiary alicyclic amines) is 1. The molecule has 0 N–H and O–H groups in total. The number of aromatic nitrogens is 3. The van der Waals surface area contributed by atoms with E-state index in [1.54, 1.807) is 44.0 Å². The lowest BCUT2D eigenvalue weighted by atomic mass is 9.53. The molecule has 1 aliphatic heterocycles. The molecule has 11 heteroatoms. The van der Waals surface area contributed by atoms with Gasteiger partial charge in [0.05, 0.1) is 22.1 Å². The number of halogens is 3. The van der Waals surface area contributed by atoms with E-state index in [1.165, 1.54) is 23.0 Å². The molecule has 37 heavy (non-hydrogen) atoms. The largest absolute Gasteiger partial charge is 0.373 e. The van der Waals surface area contributed by atoms with E-state index in [-0.39, 0.29) is 29.0 Å². The molecule has 2 fully saturated rings. The average molecular weight is 516 g/mol. The Bertz CT molecular complexity index is 1440. The van der Waals surface area contributed by atoms with Crippen LogP contribution in [0.4, 0.5) is 19.0 Å². The summed E-state index contributed by atoms with van der Waals surface area (Å²) in [5.41, 5.74) is -0.812. The van der Waals surface area contributed by atoms with Crippen molar-refractivity contribution in [3.63, 3.8) is 0 Å². The molecule has 1 amide bonds. The molecule has 1 saturated carbocycles. The number of pyridine rings is 1. The predicted molar refractivity (Wildman–Crippen MR) is 131 cm³/mol. The van der Waals surface area contributed by atoms with Crippen LogP contribution >= 0.6 is 0 Å². The first-order chi connectivity index (χ1) is 17.5. The summed E-state index contributed by atoms with van der Waals surface area (Å²) in [6.07, 6.45) is -0.401. The van der Waals surface area contributed by atoms with Crippen LogP contribution in [0.25, 0.3) is 11.0 Å². The third-order valence-corrected chi connectivity index (χ3v) is 7.80. The van der Waals surface area contributed by atoms with E-state index < -0.39 is 23.4 Å². The zero-order valence-corrected chi connectivity index (χ0v) is 21.1. The van der Waals surface area contributed by atoms with Crippen LogP contribution in [0.15, 0.2) is 35.4 Å². The molecule has 0 atom stereocenters. The van der Waals surface area contributed by atoms with E-state index in [4.69, 9.17) is 4.74 Å². The Balaban J connectivity index is 1.52. The molecule has 3 aromatic rings. The zero-order valence-electron chi connectivity index (χ0n) is 21.1. The Morgan fingerprint density at radius 1 is 1.24 bits per heavy atom. The maximum absolute atomic E-state index is 14.7. The van der Waals surface area contributed by atoms with Gasteiger partial charge in [0.1, 0.15) is 23.6 Å². The van der Waals surface area contributed by atoms with Gasteiger partial charge in [0.15, 0.2) is 0 Å². The maximum atomic E-state index is 14.7. The minimum atomic E-state index is -2.92. The second-order valence-corrected chi connectivity index (χ2v) is 10.3. The number of hydrogen-bond donors (Lipinski definition) is 0. The number of alkyl halides is 2. The molecule has 0 unspecified atom stereocenters. The van der Waals surface area contributed by atoms with Crippen LogP contribution < -0.4 is 10.5 Å². The molecule has 1 aromatic carbocycles. The van der Waals surface area contributed by atoms with Crippen molar-refractivity contribution in [2.24, 2.45) is 12.5 Å². The van der Waals surface area contributed by atoms with E-state index in [2.05, 4.69) is 9.97 Å². The van der Waals surface area contributed by atoms with Gasteiger partial charge < -0.3 is 14.5 Å². The summed E-state index contributed by atoms with van der Waals surface area (Å²) >= 11 is 0. The molecular weight excluding hydrogens is 487 g/mol. The lowest BCUT2D eigenvalue weighted by Crippen LogP contribution is -2.68. The number of nitrogens with zero attached hydrogens (tertiary/aromatic N) is 5. The fraction of sp³-hybridized carbons (Fsp3) is 0.462. The Labute approximate surface area is 211 Å². The van der Waals surface area contributed by atoms with Gasteiger partial charge in [-0.2, -0.15) is 0 Å². The Morgan fingerprint density at radius 3 is 2.57 bits per heavy atom. The number of carbonyl (C=O) groups excluding carboxylic acids is 1. The molecule has 2 aromatic heterocycles. The van der Waals surface area contributed by atoms with E-state index in [0.717, 1.165) is 6.07 Å². The average Bonchev–Trinajstić information content (AvgIpc) is 2.81. The van der Waals surface area contributed by atoms with Crippen molar-refractivity contribution in [3.8, 4) is 0 Å². The van der Waals surface area contributed by atoms with Gasteiger partial charge in [-0.25, -0.2) is 23.1 Å². The maximum Gasteiger partial charge on any atom is 0.266 e. The Hall–Kier alpha value is -3.47. The molecule has 1 spiro atoms. The van der Waals surface area contributed by atoms with Crippen molar-refractivity contribution >= 4 is 22.8 Å². The van der Waals surface area contributed by atoms with Crippen LogP contribution in [0.2, 0.25) is 0 Å². The first-order valence-electron chi connectivity index (χ1n) is 11.9. The normalized spacial score (nSPS) is 17.7. The van der Waals surface area contributed by atoms with Gasteiger partial charge in [0.25, 0.3) is 12.0 Å². The highest BCUT2D eigenvalue weighted by Gasteiger charge is 2.62. The molecule has 3 heterocycles. The van der Waals surface area contributed by atoms with Crippen LogP contribution in [0.1, 0.15) is 42.9 Å². The van der Waals surface area contributed by atoms with Gasteiger partial charge in [-0.3, -0.25) is 14.2 Å². The number of aryl methyl sites for hydroxylation is 1. The highest BCUT2D eigenvalue weighted by molar-refractivity contribution is 5.87. The third-order valence-electron chi connectivity index (χ3n) is 7.80. The highest BCUT2D eigenvalue weighted by Crippen LogP contribution is 2.59. The summed E-state index contributed by atoms with van der Waals surface area (Å²) in [5, 5.41) is 0.559. The zero-order chi connectivity index (χ0) is 26.7. The minimum Gasteiger partial charge on any atom is -0.373 e.